The highest BCUT2D eigenvalue weighted by molar-refractivity contribution is 5.94. The summed E-state index contributed by atoms with van der Waals surface area (Å²) in [6, 6.07) is 21.6. The third-order valence-corrected chi connectivity index (χ3v) is 4.91. The molecule has 0 aliphatic carbocycles. The van der Waals surface area contributed by atoms with E-state index in [9.17, 15) is 4.79 Å². The van der Waals surface area contributed by atoms with Crippen LogP contribution in [0.3, 0.4) is 0 Å². The Balaban J connectivity index is 1.48. The normalized spacial score (nSPS) is 12.1. The number of nitrogens with zero attached hydrogens (tertiary/aromatic N) is 3. The molecule has 4 aromatic rings. The van der Waals surface area contributed by atoms with Crippen LogP contribution in [0.5, 0.6) is 0 Å². The van der Waals surface area contributed by atoms with Crippen LogP contribution in [-0.2, 0) is 0 Å². The van der Waals surface area contributed by atoms with Crippen molar-refractivity contribution in [1.82, 2.24) is 19.9 Å². The Morgan fingerprint density at radius 2 is 1.79 bits per heavy atom. The average molecular weight is 370 g/mol. The van der Waals surface area contributed by atoms with E-state index in [-0.39, 0.29) is 11.8 Å². The van der Waals surface area contributed by atoms with Gasteiger partial charge in [-0.15, -0.1) is 0 Å². The lowest BCUT2D eigenvalue weighted by Crippen LogP contribution is -2.27. The van der Waals surface area contributed by atoms with E-state index in [0.717, 1.165) is 22.7 Å². The zero-order valence-corrected chi connectivity index (χ0v) is 16.0. The summed E-state index contributed by atoms with van der Waals surface area (Å²) in [5.41, 5.74) is 4.46. The van der Waals surface area contributed by atoms with E-state index in [1.807, 2.05) is 66.1 Å². The molecule has 5 heteroatoms. The minimum atomic E-state index is -0.0698. The molecule has 0 radical (unpaired) electrons. The van der Waals surface area contributed by atoms with Gasteiger partial charge in [0.25, 0.3) is 5.91 Å². The molecule has 2 heterocycles. The number of aryl methyl sites for hydroxylation is 1. The first-order valence-electron chi connectivity index (χ1n) is 9.37. The molecule has 28 heavy (non-hydrogen) atoms. The van der Waals surface area contributed by atoms with E-state index in [1.54, 1.807) is 6.20 Å². The van der Waals surface area contributed by atoms with E-state index in [4.69, 9.17) is 0 Å². The quantitative estimate of drug-likeness (QED) is 0.571. The molecule has 0 spiro atoms. The van der Waals surface area contributed by atoms with E-state index in [2.05, 4.69) is 34.3 Å². The van der Waals surface area contributed by atoms with Gasteiger partial charge in [0.15, 0.2) is 5.65 Å². The molecule has 1 N–H and O–H groups in total. The van der Waals surface area contributed by atoms with E-state index in [0.29, 0.717) is 12.1 Å². The number of amides is 1. The molecule has 0 fully saturated rings. The van der Waals surface area contributed by atoms with Gasteiger partial charge in [0.05, 0.1) is 0 Å². The van der Waals surface area contributed by atoms with E-state index in [1.165, 1.54) is 5.56 Å². The van der Waals surface area contributed by atoms with Crippen LogP contribution in [0.15, 0.2) is 72.9 Å². The molecule has 4 rings (SSSR count). The molecule has 2 aromatic carbocycles. The molecule has 0 saturated heterocycles. The standard InChI is InChI=1S/C23H22N4O/c1-16(18-7-4-3-5-8-18)15-25-23(28)19-10-12-20(13-11-19)27-17(2)26-21-9-6-14-24-22(21)27/h3-14,16H,15H2,1-2H3,(H,25,28). The van der Waals surface area contributed by atoms with Crippen LogP contribution in [-0.4, -0.2) is 27.0 Å². The molecule has 140 valence electrons. The molecular weight excluding hydrogens is 348 g/mol. The topological polar surface area (TPSA) is 59.8 Å². The Morgan fingerprint density at radius 3 is 2.54 bits per heavy atom. The number of nitrogens with one attached hydrogen (secondary N) is 1. The third-order valence-electron chi connectivity index (χ3n) is 4.91. The first-order chi connectivity index (χ1) is 13.6. The fourth-order valence-corrected chi connectivity index (χ4v) is 3.34. The zero-order chi connectivity index (χ0) is 19.5. The fraction of sp³-hybridized carbons (Fsp3) is 0.174. The lowest BCUT2D eigenvalue weighted by atomic mass is 10.0. The van der Waals surface area contributed by atoms with Crippen LogP contribution in [0.1, 0.15) is 34.6 Å². The van der Waals surface area contributed by atoms with Crippen molar-refractivity contribution >= 4 is 17.1 Å². The maximum atomic E-state index is 12.5. The van der Waals surface area contributed by atoms with Crippen molar-refractivity contribution in [2.24, 2.45) is 0 Å². The number of aromatic nitrogens is 3. The van der Waals surface area contributed by atoms with Gasteiger partial charge < -0.3 is 5.32 Å². The van der Waals surface area contributed by atoms with Gasteiger partial charge in [0.2, 0.25) is 0 Å². The molecular formula is C23H22N4O. The highest BCUT2D eigenvalue weighted by atomic mass is 16.1. The van der Waals surface area contributed by atoms with Gasteiger partial charge in [-0.25, -0.2) is 9.97 Å². The lowest BCUT2D eigenvalue weighted by molar-refractivity contribution is 0.0951. The van der Waals surface area contributed by atoms with Crippen LogP contribution in [0, 0.1) is 6.92 Å². The highest BCUT2D eigenvalue weighted by Gasteiger charge is 2.12. The number of hydrogen-bond acceptors (Lipinski definition) is 3. The summed E-state index contributed by atoms with van der Waals surface area (Å²) in [6.45, 7) is 4.66. The Hall–Kier alpha value is -3.47. The molecule has 0 aliphatic heterocycles. The Bertz CT molecular complexity index is 1100. The van der Waals surface area contributed by atoms with Gasteiger partial charge in [0.1, 0.15) is 11.3 Å². The molecule has 0 saturated carbocycles. The highest BCUT2D eigenvalue weighted by Crippen LogP contribution is 2.20. The average Bonchev–Trinajstić information content (AvgIpc) is 3.08. The van der Waals surface area contributed by atoms with Gasteiger partial charge in [-0.2, -0.15) is 0 Å². The number of rotatable bonds is 5. The van der Waals surface area contributed by atoms with Crippen molar-refractivity contribution in [2.45, 2.75) is 19.8 Å². The predicted octanol–water partition coefficient (Wildman–Crippen LogP) is 4.26. The largest absolute Gasteiger partial charge is 0.351 e. The Morgan fingerprint density at radius 1 is 1.04 bits per heavy atom. The van der Waals surface area contributed by atoms with E-state index < -0.39 is 0 Å². The number of fused-ring (bicyclic) bond motifs is 1. The molecule has 0 aliphatic rings. The van der Waals surface area contributed by atoms with Crippen molar-refractivity contribution < 1.29 is 4.79 Å². The first kappa shape index (κ1) is 17.9. The lowest BCUT2D eigenvalue weighted by Gasteiger charge is -2.13. The SMILES string of the molecule is Cc1nc2cccnc2n1-c1ccc(C(=O)NCC(C)c2ccccc2)cc1. The van der Waals surface area contributed by atoms with Gasteiger partial charge in [0, 0.05) is 24.0 Å². The third kappa shape index (κ3) is 3.51. The van der Waals surface area contributed by atoms with Crippen LogP contribution in [0.2, 0.25) is 0 Å². The minimum absolute atomic E-state index is 0.0698. The summed E-state index contributed by atoms with van der Waals surface area (Å²) < 4.78 is 1.99. The fourth-order valence-electron chi connectivity index (χ4n) is 3.34. The van der Waals surface area contributed by atoms with Crippen LogP contribution < -0.4 is 5.32 Å². The van der Waals surface area contributed by atoms with Crippen molar-refractivity contribution in [2.75, 3.05) is 6.54 Å². The summed E-state index contributed by atoms with van der Waals surface area (Å²) in [5, 5.41) is 3.02. The van der Waals surface area contributed by atoms with Gasteiger partial charge in [-0.1, -0.05) is 37.3 Å². The van der Waals surface area contributed by atoms with Gasteiger partial charge in [-0.05, 0) is 54.8 Å². The maximum absolute atomic E-state index is 12.5. The first-order valence-corrected chi connectivity index (χ1v) is 9.37. The Labute approximate surface area is 164 Å². The van der Waals surface area contributed by atoms with Gasteiger partial charge in [-0.3, -0.25) is 9.36 Å². The number of hydrogen-bond donors (Lipinski definition) is 1. The van der Waals surface area contributed by atoms with Crippen LogP contribution in [0.25, 0.3) is 16.9 Å². The smallest absolute Gasteiger partial charge is 0.251 e. The molecule has 2 aromatic heterocycles. The molecule has 1 atom stereocenters. The second-order valence-electron chi connectivity index (χ2n) is 6.91. The van der Waals surface area contributed by atoms with Crippen molar-refractivity contribution in [1.29, 1.82) is 0 Å². The van der Waals surface area contributed by atoms with E-state index >= 15 is 0 Å². The number of imidazole rings is 1. The van der Waals surface area contributed by atoms with Gasteiger partial charge >= 0.3 is 0 Å². The summed E-state index contributed by atoms with van der Waals surface area (Å²) >= 11 is 0. The second-order valence-corrected chi connectivity index (χ2v) is 6.91. The second kappa shape index (κ2) is 7.64. The van der Waals surface area contributed by atoms with Crippen molar-refractivity contribution in [3.63, 3.8) is 0 Å². The summed E-state index contributed by atoms with van der Waals surface area (Å²) in [5.74, 6) is 1.05. The van der Waals surface area contributed by atoms with Crippen LogP contribution >= 0.6 is 0 Å². The Kier molecular flexibility index (Phi) is 4.89. The zero-order valence-electron chi connectivity index (χ0n) is 16.0. The number of carbonyl (C=O) groups is 1. The molecule has 1 unspecified atom stereocenters. The minimum Gasteiger partial charge on any atom is -0.351 e. The molecule has 1 amide bonds. The summed E-state index contributed by atoms with van der Waals surface area (Å²) in [6.07, 6.45) is 1.76. The summed E-state index contributed by atoms with van der Waals surface area (Å²) in [7, 11) is 0. The predicted molar refractivity (Wildman–Crippen MR) is 111 cm³/mol. The monoisotopic (exact) mass is 370 g/mol. The maximum Gasteiger partial charge on any atom is 0.251 e. The number of pyridine rings is 1. The van der Waals surface area contributed by atoms with Crippen molar-refractivity contribution in [3.8, 4) is 5.69 Å². The summed E-state index contributed by atoms with van der Waals surface area (Å²) in [4.78, 5) is 21.5. The molecule has 0 bridgehead atoms. The number of carbonyl (C=O) groups excluding carboxylic acids is 1. The number of benzene rings is 2. The van der Waals surface area contributed by atoms with Crippen molar-refractivity contribution in [3.05, 3.63) is 89.9 Å². The molecule has 5 nitrogen and oxygen atoms in total. The van der Waals surface area contributed by atoms with Crippen LogP contribution in [0.4, 0.5) is 0 Å².